The van der Waals surface area contributed by atoms with Crippen LogP contribution in [0.1, 0.15) is 30.5 Å². The van der Waals surface area contributed by atoms with Crippen LogP contribution in [0.2, 0.25) is 0 Å². The van der Waals surface area contributed by atoms with Crippen molar-refractivity contribution in [2.75, 3.05) is 64.3 Å². The number of nitrogens with zero attached hydrogens (tertiary/aromatic N) is 4. The lowest BCUT2D eigenvalue weighted by Gasteiger charge is -2.26. The molecule has 1 aliphatic carbocycles. The summed E-state index contributed by atoms with van der Waals surface area (Å²) in [7, 11) is -3.53. The minimum absolute atomic E-state index is 0.270. The number of hydrogen-bond acceptors (Lipinski definition) is 9. The third-order valence-electron chi connectivity index (χ3n) is 7.81. The van der Waals surface area contributed by atoms with Crippen molar-refractivity contribution in [3.05, 3.63) is 71.3 Å². The van der Waals surface area contributed by atoms with Gasteiger partial charge in [0.1, 0.15) is 0 Å². The van der Waals surface area contributed by atoms with E-state index in [9.17, 15) is 8.42 Å². The molecular weight excluding hydrogens is 526 g/mol. The van der Waals surface area contributed by atoms with Gasteiger partial charge in [0.25, 0.3) is 0 Å². The summed E-state index contributed by atoms with van der Waals surface area (Å²) >= 11 is 0. The molecule has 3 aliphatic heterocycles. The molecule has 0 radical (unpaired) electrons. The van der Waals surface area contributed by atoms with E-state index in [1.54, 1.807) is 24.3 Å². The second-order valence-corrected chi connectivity index (χ2v) is 12.4. The van der Waals surface area contributed by atoms with Gasteiger partial charge in [0, 0.05) is 50.2 Å². The molecule has 4 heterocycles. The van der Waals surface area contributed by atoms with E-state index in [0.717, 1.165) is 60.8 Å². The number of ether oxygens (including phenoxy) is 1. The Morgan fingerprint density at radius 3 is 2.58 bits per heavy atom. The lowest BCUT2D eigenvalue weighted by atomic mass is 9.90. The molecule has 212 valence electrons. The second kappa shape index (κ2) is 12.1. The molecule has 0 saturated carbocycles. The lowest BCUT2D eigenvalue weighted by Crippen LogP contribution is -2.40. The number of likely N-dealkylation sites (tertiary alicyclic amines) is 1. The molecule has 0 spiro atoms. The number of anilines is 2. The number of sulfonamides is 1. The number of allylic oxidation sites excluding steroid dienone is 3. The normalized spacial score (nSPS) is 20.1. The van der Waals surface area contributed by atoms with Gasteiger partial charge in [-0.25, -0.2) is 18.4 Å². The Bertz CT molecular complexity index is 1410. The van der Waals surface area contributed by atoms with Crippen molar-refractivity contribution in [2.45, 2.75) is 30.6 Å². The fourth-order valence-corrected chi connectivity index (χ4v) is 6.97. The fraction of sp³-hybridized carbons (Fsp3) is 0.448. The van der Waals surface area contributed by atoms with E-state index < -0.39 is 10.0 Å². The predicted octanol–water partition coefficient (Wildman–Crippen LogP) is 2.63. The highest BCUT2D eigenvalue weighted by Gasteiger charge is 2.26. The van der Waals surface area contributed by atoms with Crippen LogP contribution in [-0.4, -0.2) is 86.6 Å². The Morgan fingerprint density at radius 2 is 1.82 bits per heavy atom. The SMILES string of the molecule is O=S(=O)(c1ccc(Nc2ncc3c(n2)C(C2=CC=C(NCCN4CCCC4)NC2)=CCC3)cc1)N1CCOCC1. The summed E-state index contributed by atoms with van der Waals surface area (Å²) in [5.41, 5.74) is 5.15. The predicted molar refractivity (Wildman–Crippen MR) is 155 cm³/mol. The maximum atomic E-state index is 12.9. The van der Waals surface area contributed by atoms with Crippen LogP contribution in [0.4, 0.5) is 11.6 Å². The number of hydrogen-bond donors (Lipinski definition) is 3. The highest BCUT2D eigenvalue weighted by Crippen LogP contribution is 2.32. The minimum atomic E-state index is -3.53. The number of aromatic nitrogens is 2. The molecule has 3 N–H and O–H groups in total. The van der Waals surface area contributed by atoms with Crippen molar-refractivity contribution < 1.29 is 13.2 Å². The molecule has 2 fully saturated rings. The van der Waals surface area contributed by atoms with Gasteiger partial charge in [0.15, 0.2) is 0 Å². The molecule has 0 atom stereocenters. The van der Waals surface area contributed by atoms with Crippen LogP contribution in [0, 0.1) is 0 Å². The zero-order valence-corrected chi connectivity index (χ0v) is 23.5. The highest BCUT2D eigenvalue weighted by atomic mass is 32.2. The number of rotatable bonds is 9. The van der Waals surface area contributed by atoms with E-state index in [2.05, 4.69) is 44.1 Å². The number of fused-ring (bicyclic) bond motifs is 1. The van der Waals surface area contributed by atoms with Gasteiger partial charge < -0.3 is 25.6 Å². The molecule has 6 rings (SSSR count). The molecule has 10 nitrogen and oxygen atoms in total. The first-order valence-corrected chi connectivity index (χ1v) is 15.6. The quantitative estimate of drug-likeness (QED) is 0.424. The molecule has 40 heavy (non-hydrogen) atoms. The highest BCUT2D eigenvalue weighted by molar-refractivity contribution is 7.89. The van der Waals surface area contributed by atoms with Crippen LogP contribution < -0.4 is 16.0 Å². The molecule has 1 aromatic carbocycles. The summed E-state index contributed by atoms with van der Waals surface area (Å²) in [5.74, 6) is 1.54. The summed E-state index contributed by atoms with van der Waals surface area (Å²) in [6.45, 7) is 6.78. The maximum Gasteiger partial charge on any atom is 0.243 e. The van der Waals surface area contributed by atoms with Crippen LogP contribution in [0.3, 0.4) is 0 Å². The number of dihydropyridines is 1. The second-order valence-electron chi connectivity index (χ2n) is 10.5. The van der Waals surface area contributed by atoms with Crippen LogP contribution in [0.5, 0.6) is 0 Å². The first-order chi connectivity index (χ1) is 19.6. The van der Waals surface area contributed by atoms with Crippen molar-refractivity contribution in [3.8, 4) is 0 Å². The summed E-state index contributed by atoms with van der Waals surface area (Å²) in [5, 5.41) is 10.3. The minimum Gasteiger partial charge on any atom is -0.379 e. The monoisotopic (exact) mass is 563 g/mol. The fourth-order valence-electron chi connectivity index (χ4n) is 5.56. The van der Waals surface area contributed by atoms with Gasteiger partial charge in [-0.15, -0.1) is 0 Å². The van der Waals surface area contributed by atoms with Crippen LogP contribution >= 0.6 is 0 Å². The van der Waals surface area contributed by atoms with E-state index >= 15 is 0 Å². The molecule has 2 aromatic rings. The molecular formula is C29H37N7O3S. The van der Waals surface area contributed by atoms with Crippen molar-refractivity contribution in [2.24, 2.45) is 0 Å². The first-order valence-electron chi connectivity index (χ1n) is 14.2. The van der Waals surface area contributed by atoms with E-state index in [-0.39, 0.29) is 4.90 Å². The van der Waals surface area contributed by atoms with Gasteiger partial charge in [-0.1, -0.05) is 12.2 Å². The third-order valence-corrected chi connectivity index (χ3v) is 9.72. The van der Waals surface area contributed by atoms with Gasteiger partial charge in [-0.05, 0) is 80.3 Å². The van der Waals surface area contributed by atoms with Crippen molar-refractivity contribution in [1.29, 1.82) is 0 Å². The molecule has 2 saturated heterocycles. The zero-order valence-electron chi connectivity index (χ0n) is 22.7. The summed E-state index contributed by atoms with van der Waals surface area (Å²) < 4.78 is 32.6. The van der Waals surface area contributed by atoms with E-state index in [0.29, 0.717) is 32.3 Å². The Morgan fingerprint density at radius 1 is 1.02 bits per heavy atom. The van der Waals surface area contributed by atoms with Crippen LogP contribution in [-0.2, 0) is 21.2 Å². The standard InChI is InChI=1S/C29H37N7O3S/c37-40(38,36-16-18-39-19-17-36)25-9-7-24(8-10-25)33-29-32-21-23-4-3-5-26(28(23)34-29)22-6-11-27(31-20-22)30-12-15-35-13-1-2-14-35/h5-11,21,30-31H,1-4,12-20H2,(H,32,33,34). The number of benzene rings is 1. The average Bonchev–Trinajstić information content (AvgIpc) is 3.52. The van der Waals surface area contributed by atoms with Gasteiger partial charge in [-0.3, -0.25) is 0 Å². The molecule has 4 aliphatic rings. The Labute approximate surface area is 236 Å². The molecule has 0 bridgehead atoms. The van der Waals surface area contributed by atoms with E-state index in [1.165, 1.54) is 35.8 Å². The third kappa shape index (κ3) is 6.07. The Kier molecular flexibility index (Phi) is 8.15. The van der Waals surface area contributed by atoms with Crippen molar-refractivity contribution in [1.82, 2.24) is 29.8 Å². The smallest absolute Gasteiger partial charge is 0.243 e. The van der Waals surface area contributed by atoms with Gasteiger partial charge in [0.05, 0.1) is 29.6 Å². The van der Waals surface area contributed by atoms with Gasteiger partial charge in [-0.2, -0.15) is 4.31 Å². The average molecular weight is 564 g/mol. The van der Waals surface area contributed by atoms with E-state index in [4.69, 9.17) is 9.72 Å². The van der Waals surface area contributed by atoms with Crippen LogP contribution in [0.15, 0.2) is 65.0 Å². The number of nitrogens with one attached hydrogen (secondary N) is 3. The zero-order chi connectivity index (χ0) is 27.4. The van der Waals surface area contributed by atoms with E-state index in [1.807, 2.05) is 6.20 Å². The Hall–Kier alpha value is -3.25. The Balaban J connectivity index is 1.12. The topological polar surface area (TPSA) is 112 Å². The van der Waals surface area contributed by atoms with Gasteiger partial charge in [0.2, 0.25) is 16.0 Å². The first kappa shape index (κ1) is 26.9. The van der Waals surface area contributed by atoms with Crippen LogP contribution in [0.25, 0.3) is 5.57 Å². The van der Waals surface area contributed by atoms with Crippen molar-refractivity contribution >= 4 is 27.2 Å². The number of aryl methyl sites for hydroxylation is 1. The molecule has 0 amide bonds. The van der Waals surface area contributed by atoms with Crippen molar-refractivity contribution in [3.63, 3.8) is 0 Å². The lowest BCUT2D eigenvalue weighted by molar-refractivity contribution is 0.0730. The number of morpholine rings is 1. The summed E-state index contributed by atoms with van der Waals surface area (Å²) in [6.07, 6.45) is 13.0. The van der Waals surface area contributed by atoms with Gasteiger partial charge >= 0.3 is 0 Å². The molecule has 1 aromatic heterocycles. The summed E-state index contributed by atoms with van der Waals surface area (Å²) in [4.78, 5) is 12.2. The maximum absolute atomic E-state index is 12.9. The largest absolute Gasteiger partial charge is 0.379 e. The molecule has 11 heteroatoms. The summed E-state index contributed by atoms with van der Waals surface area (Å²) in [6, 6.07) is 6.75. The molecule has 0 unspecified atom stereocenters.